The predicted octanol–water partition coefficient (Wildman–Crippen LogP) is -0.647. The number of hydrogen-bond acceptors (Lipinski definition) is 8. The number of carbonyl (C=O) groups excluding carboxylic acids is 1. The highest BCUT2D eigenvalue weighted by Crippen LogP contribution is 2.24. The summed E-state index contributed by atoms with van der Waals surface area (Å²) in [6, 6.07) is 10.9. The number of rotatable bonds is 4. The lowest BCUT2D eigenvalue weighted by molar-refractivity contribution is -0.233. The lowest BCUT2D eigenvalue weighted by Crippen LogP contribution is -2.63. The summed E-state index contributed by atoms with van der Waals surface area (Å²) in [6.07, 6.45) is -7.15. The van der Waals surface area contributed by atoms with E-state index in [1.54, 1.807) is 0 Å². The van der Waals surface area contributed by atoms with E-state index >= 15 is 0 Å². The van der Waals surface area contributed by atoms with Crippen molar-refractivity contribution >= 4 is 16.8 Å². The molecule has 0 unspecified atom stereocenters. The lowest BCUT2D eigenvalue weighted by atomic mass is 9.98. The molecule has 3 aromatic rings. The SMILES string of the molecule is O=C(N[C@@H]1O[C@H](CO)[C@@H](O)[C@H](O)[C@H]1O)c1cc(-c2cc3ccccc3[nH]2)no1. The Labute approximate surface area is 158 Å². The molecular weight excluding hydrogens is 370 g/mol. The van der Waals surface area contributed by atoms with E-state index in [9.17, 15) is 25.2 Å². The first-order valence-corrected chi connectivity index (χ1v) is 8.64. The Morgan fingerprint density at radius 2 is 1.93 bits per heavy atom. The van der Waals surface area contributed by atoms with Gasteiger partial charge < -0.3 is 40.0 Å². The molecule has 0 radical (unpaired) electrons. The molecule has 6 N–H and O–H groups in total. The van der Waals surface area contributed by atoms with Crippen molar-refractivity contribution in [1.29, 1.82) is 0 Å². The van der Waals surface area contributed by atoms with Gasteiger partial charge in [-0.25, -0.2) is 0 Å². The van der Waals surface area contributed by atoms with E-state index in [1.807, 2.05) is 30.3 Å². The second-order valence-electron chi connectivity index (χ2n) is 6.57. The number of H-pyrrole nitrogens is 1. The Morgan fingerprint density at radius 3 is 2.68 bits per heavy atom. The maximum absolute atomic E-state index is 12.4. The lowest BCUT2D eigenvalue weighted by Gasteiger charge is -2.39. The van der Waals surface area contributed by atoms with Gasteiger partial charge in [0.25, 0.3) is 5.91 Å². The van der Waals surface area contributed by atoms with Crippen molar-refractivity contribution in [1.82, 2.24) is 15.5 Å². The monoisotopic (exact) mass is 389 g/mol. The molecule has 2 aromatic heterocycles. The number of aromatic nitrogens is 2. The molecule has 0 aliphatic carbocycles. The van der Waals surface area contributed by atoms with Gasteiger partial charge in [0.1, 0.15) is 30.1 Å². The molecule has 1 fully saturated rings. The number of carbonyl (C=O) groups is 1. The van der Waals surface area contributed by atoms with Gasteiger partial charge in [0, 0.05) is 17.0 Å². The maximum atomic E-state index is 12.4. The third kappa shape index (κ3) is 3.28. The van der Waals surface area contributed by atoms with Crippen LogP contribution in [0, 0.1) is 0 Å². The largest absolute Gasteiger partial charge is 0.394 e. The fourth-order valence-electron chi connectivity index (χ4n) is 3.14. The van der Waals surface area contributed by atoms with Crippen LogP contribution in [0.4, 0.5) is 0 Å². The van der Waals surface area contributed by atoms with Crippen LogP contribution < -0.4 is 5.32 Å². The number of benzene rings is 1. The third-order valence-corrected chi connectivity index (χ3v) is 4.71. The zero-order valence-corrected chi connectivity index (χ0v) is 14.5. The number of para-hydroxylation sites is 1. The van der Waals surface area contributed by atoms with E-state index in [1.165, 1.54) is 6.07 Å². The Hall–Kier alpha value is -2.76. The average Bonchev–Trinajstić information content (AvgIpc) is 3.35. The number of nitrogens with one attached hydrogen (secondary N) is 2. The summed E-state index contributed by atoms with van der Waals surface area (Å²) in [5.74, 6) is -0.871. The Kier molecular flexibility index (Phi) is 4.87. The predicted molar refractivity (Wildman–Crippen MR) is 95.0 cm³/mol. The molecule has 1 aliphatic heterocycles. The molecule has 5 atom stereocenters. The molecule has 10 heteroatoms. The van der Waals surface area contributed by atoms with Gasteiger partial charge in [0.15, 0.2) is 6.23 Å². The molecule has 1 aromatic carbocycles. The smallest absolute Gasteiger partial charge is 0.291 e. The van der Waals surface area contributed by atoms with E-state index < -0.39 is 43.2 Å². The molecule has 0 bridgehead atoms. The summed E-state index contributed by atoms with van der Waals surface area (Å²) in [6.45, 7) is -0.593. The Balaban J connectivity index is 1.50. The van der Waals surface area contributed by atoms with E-state index in [2.05, 4.69) is 15.5 Å². The van der Waals surface area contributed by atoms with Crippen molar-refractivity contribution in [3.8, 4) is 11.4 Å². The van der Waals surface area contributed by atoms with E-state index in [0.29, 0.717) is 11.4 Å². The van der Waals surface area contributed by atoms with Crippen LogP contribution in [0.1, 0.15) is 10.6 Å². The molecule has 0 spiro atoms. The van der Waals surface area contributed by atoms with Crippen molar-refractivity contribution in [2.45, 2.75) is 30.6 Å². The quantitative estimate of drug-likeness (QED) is 0.343. The Bertz CT molecular complexity index is 949. The summed E-state index contributed by atoms with van der Waals surface area (Å²) >= 11 is 0. The summed E-state index contributed by atoms with van der Waals surface area (Å²) in [5.41, 5.74) is 1.99. The van der Waals surface area contributed by atoms with Crippen LogP contribution in [0.3, 0.4) is 0 Å². The molecule has 4 rings (SSSR count). The number of aromatic amines is 1. The van der Waals surface area contributed by atoms with Crippen molar-refractivity contribution in [2.24, 2.45) is 0 Å². The number of aliphatic hydroxyl groups excluding tert-OH is 4. The first-order chi connectivity index (χ1) is 13.5. The fourth-order valence-corrected chi connectivity index (χ4v) is 3.14. The summed E-state index contributed by atoms with van der Waals surface area (Å²) in [4.78, 5) is 15.6. The maximum Gasteiger partial charge on any atom is 0.291 e. The molecular formula is C18H19N3O7. The van der Waals surface area contributed by atoms with Gasteiger partial charge in [-0.05, 0) is 12.1 Å². The Morgan fingerprint density at radius 1 is 1.14 bits per heavy atom. The summed E-state index contributed by atoms with van der Waals surface area (Å²) < 4.78 is 10.3. The second kappa shape index (κ2) is 7.34. The molecule has 0 saturated carbocycles. The summed E-state index contributed by atoms with van der Waals surface area (Å²) in [7, 11) is 0. The first kappa shape index (κ1) is 18.6. The van der Waals surface area contributed by atoms with Crippen LogP contribution >= 0.6 is 0 Å². The number of ether oxygens (including phenoxy) is 1. The van der Waals surface area contributed by atoms with Crippen molar-refractivity contribution in [2.75, 3.05) is 6.61 Å². The molecule has 10 nitrogen and oxygen atoms in total. The molecule has 1 saturated heterocycles. The molecule has 28 heavy (non-hydrogen) atoms. The van der Waals surface area contributed by atoms with Gasteiger partial charge in [-0.2, -0.15) is 0 Å². The van der Waals surface area contributed by atoms with Crippen LogP contribution in [0.25, 0.3) is 22.3 Å². The van der Waals surface area contributed by atoms with Crippen LogP contribution in [-0.4, -0.2) is 73.7 Å². The number of hydrogen-bond donors (Lipinski definition) is 6. The fraction of sp³-hybridized carbons (Fsp3) is 0.333. The molecule has 3 heterocycles. The summed E-state index contributed by atoms with van der Waals surface area (Å²) in [5, 5.41) is 46.0. The van der Waals surface area contributed by atoms with Crippen molar-refractivity contribution in [3.63, 3.8) is 0 Å². The van der Waals surface area contributed by atoms with Gasteiger partial charge in [-0.15, -0.1) is 0 Å². The normalized spacial score (nSPS) is 27.8. The minimum atomic E-state index is -1.59. The number of fused-ring (bicyclic) bond motifs is 1. The topological polar surface area (TPSA) is 161 Å². The van der Waals surface area contributed by atoms with Gasteiger partial charge in [-0.1, -0.05) is 23.4 Å². The van der Waals surface area contributed by atoms with E-state index in [-0.39, 0.29) is 5.76 Å². The highest BCUT2D eigenvalue weighted by Gasteiger charge is 2.44. The first-order valence-electron chi connectivity index (χ1n) is 8.64. The highest BCUT2D eigenvalue weighted by molar-refractivity contribution is 5.93. The number of aliphatic hydroxyl groups is 4. The van der Waals surface area contributed by atoms with Gasteiger partial charge >= 0.3 is 0 Å². The number of amides is 1. The second-order valence-corrected chi connectivity index (χ2v) is 6.57. The molecule has 1 amide bonds. The van der Waals surface area contributed by atoms with Crippen LogP contribution in [0.15, 0.2) is 40.9 Å². The van der Waals surface area contributed by atoms with Crippen LogP contribution in [0.5, 0.6) is 0 Å². The van der Waals surface area contributed by atoms with Gasteiger partial charge in [0.2, 0.25) is 5.76 Å². The van der Waals surface area contributed by atoms with E-state index in [4.69, 9.17) is 9.26 Å². The van der Waals surface area contributed by atoms with Crippen LogP contribution in [0.2, 0.25) is 0 Å². The number of nitrogens with zero attached hydrogens (tertiary/aromatic N) is 1. The average molecular weight is 389 g/mol. The zero-order chi connectivity index (χ0) is 19.8. The van der Waals surface area contributed by atoms with E-state index in [0.717, 1.165) is 10.9 Å². The third-order valence-electron chi connectivity index (χ3n) is 4.71. The molecule has 1 aliphatic rings. The van der Waals surface area contributed by atoms with Crippen molar-refractivity contribution in [3.05, 3.63) is 42.2 Å². The van der Waals surface area contributed by atoms with Gasteiger partial charge in [0.05, 0.1) is 12.3 Å². The highest BCUT2D eigenvalue weighted by atomic mass is 16.6. The van der Waals surface area contributed by atoms with Gasteiger partial charge in [-0.3, -0.25) is 4.79 Å². The minimum Gasteiger partial charge on any atom is -0.394 e. The standard InChI is InChI=1S/C18H19N3O7/c22-7-13-14(23)15(24)16(25)18(27-13)20-17(26)12-6-11(21-28-12)10-5-8-3-1-2-4-9(8)19-10/h1-6,13-16,18-19,22-25H,7H2,(H,20,26)/t13-,14-,15+,16-,18-/m1/s1. The zero-order valence-electron chi connectivity index (χ0n) is 14.5. The minimum absolute atomic E-state index is 0.134. The van der Waals surface area contributed by atoms with Crippen LogP contribution in [-0.2, 0) is 4.74 Å². The molecule has 148 valence electrons. The van der Waals surface area contributed by atoms with Crippen molar-refractivity contribution < 1.29 is 34.5 Å².